The normalized spacial score (nSPS) is 19.0. The molecule has 2 aromatic rings. The van der Waals surface area contributed by atoms with Crippen LogP contribution in [0.25, 0.3) is 0 Å². The Morgan fingerprint density at radius 2 is 2.19 bits per heavy atom. The number of hydrogen-bond acceptors (Lipinski definition) is 5. The van der Waals surface area contributed by atoms with E-state index in [1.165, 1.54) is 0 Å². The molecule has 1 aliphatic heterocycles. The van der Waals surface area contributed by atoms with Crippen LogP contribution in [0.1, 0.15) is 17.7 Å². The minimum Gasteiger partial charge on any atom is -0.468 e. The van der Waals surface area contributed by atoms with Crippen molar-refractivity contribution in [2.75, 3.05) is 23.4 Å². The lowest BCUT2D eigenvalue weighted by Crippen LogP contribution is -2.41. The third-order valence-electron chi connectivity index (χ3n) is 4.45. The molecule has 2 heterocycles. The molecule has 1 aromatic heterocycles. The molecule has 3 rings (SSSR count). The molecule has 8 heteroatoms. The van der Waals surface area contributed by atoms with Crippen molar-refractivity contribution in [3.63, 3.8) is 0 Å². The molecule has 0 aliphatic carbocycles. The second-order valence-corrected chi connectivity index (χ2v) is 9.64. The summed E-state index contributed by atoms with van der Waals surface area (Å²) in [4.78, 5) is 14.4. The highest BCUT2D eigenvalue weighted by Crippen LogP contribution is 2.22. The number of anilines is 1. The third kappa shape index (κ3) is 4.96. The van der Waals surface area contributed by atoms with Crippen molar-refractivity contribution in [3.05, 3.63) is 52.4 Å². The first-order valence-corrected chi connectivity index (χ1v) is 11.0. The van der Waals surface area contributed by atoms with Gasteiger partial charge in [-0.25, -0.2) is 8.42 Å². The number of rotatable bonds is 6. The van der Waals surface area contributed by atoms with E-state index in [1.54, 1.807) is 12.3 Å². The Kier molecular flexibility index (Phi) is 5.84. The Morgan fingerprint density at radius 3 is 2.81 bits per heavy atom. The molecule has 0 saturated carbocycles. The average molecular weight is 441 g/mol. The fraction of sp³-hybridized carbons (Fsp3) is 0.389. The summed E-state index contributed by atoms with van der Waals surface area (Å²) >= 11 is 3.44. The summed E-state index contributed by atoms with van der Waals surface area (Å²) in [6.45, 7) is 2.46. The predicted molar refractivity (Wildman–Crippen MR) is 104 cm³/mol. The quantitative estimate of drug-likeness (QED) is 0.746. The first kappa shape index (κ1) is 19.1. The molecule has 140 valence electrons. The van der Waals surface area contributed by atoms with Gasteiger partial charge in [0.2, 0.25) is 5.91 Å². The fourth-order valence-electron chi connectivity index (χ4n) is 3.09. The fourth-order valence-corrected chi connectivity index (χ4v) is 5.10. The van der Waals surface area contributed by atoms with E-state index in [1.807, 2.05) is 36.1 Å². The Labute approximate surface area is 161 Å². The van der Waals surface area contributed by atoms with E-state index < -0.39 is 9.84 Å². The number of carbonyl (C=O) groups excluding carboxylic acids is 1. The van der Waals surface area contributed by atoms with Gasteiger partial charge in [0.05, 0.1) is 30.9 Å². The number of nitrogens with one attached hydrogen (secondary N) is 1. The zero-order valence-electron chi connectivity index (χ0n) is 14.4. The van der Waals surface area contributed by atoms with Crippen LogP contribution in [-0.4, -0.2) is 43.3 Å². The van der Waals surface area contributed by atoms with E-state index in [0.29, 0.717) is 24.4 Å². The molecule has 1 unspecified atom stereocenters. The lowest BCUT2D eigenvalue weighted by Gasteiger charge is -2.26. The van der Waals surface area contributed by atoms with Crippen LogP contribution in [0.2, 0.25) is 0 Å². The van der Waals surface area contributed by atoms with Gasteiger partial charge in [-0.15, -0.1) is 0 Å². The van der Waals surface area contributed by atoms with Crippen LogP contribution in [0.3, 0.4) is 0 Å². The van der Waals surface area contributed by atoms with Crippen molar-refractivity contribution < 1.29 is 17.6 Å². The number of amides is 1. The molecule has 1 fully saturated rings. The number of halogens is 1. The molecule has 1 amide bonds. The summed E-state index contributed by atoms with van der Waals surface area (Å²) in [5.74, 6) is 0.780. The zero-order valence-corrected chi connectivity index (χ0v) is 16.8. The SMILES string of the molecule is Cc1cc(NC(=O)CN(Cc2ccco2)C2CCS(=O)(=O)C2)ccc1Br. The Morgan fingerprint density at radius 1 is 1.38 bits per heavy atom. The van der Waals surface area contributed by atoms with Gasteiger partial charge in [-0.3, -0.25) is 9.69 Å². The molecule has 1 saturated heterocycles. The largest absolute Gasteiger partial charge is 0.468 e. The number of sulfone groups is 1. The number of benzene rings is 1. The van der Waals surface area contributed by atoms with Crippen molar-refractivity contribution in [1.29, 1.82) is 0 Å². The van der Waals surface area contributed by atoms with E-state index in [-0.39, 0.29) is 30.0 Å². The maximum atomic E-state index is 12.5. The molecule has 0 spiro atoms. The van der Waals surface area contributed by atoms with Crippen molar-refractivity contribution in [3.8, 4) is 0 Å². The standard InChI is InChI=1S/C18H21BrN2O4S/c1-13-9-14(4-5-17(13)19)20-18(22)11-21(10-16-3-2-7-25-16)15-6-8-26(23,24)12-15/h2-5,7,9,15H,6,8,10-12H2,1H3,(H,20,22). The van der Waals surface area contributed by atoms with Gasteiger partial charge in [-0.1, -0.05) is 15.9 Å². The number of furan rings is 1. The summed E-state index contributed by atoms with van der Waals surface area (Å²) in [7, 11) is -3.03. The van der Waals surface area contributed by atoms with E-state index in [2.05, 4.69) is 21.2 Å². The van der Waals surface area contributed by atoms with Crippen molar-refractivity contribution in [2.45, 2.75) is 25.9 Å². The average Bonchev–Trinajstić information content (AvgIpc) is 3.19. The monoisotopic (exact) mass is 440 g/mol. The van der Waals surface area contributed by atoms with Gasteiger partial charge in [0.15, 0.2) is 9.84 Å². The highest BCUT2D eigenvalue weighted by Gasteiger charge is 2.33. The predicted octanol–water partition coefficient (Wildman–Crippen LogP) is 2.98. The maximum absolute atomic E-state index is 12.5. The Hall–Kier alpha value is -1.64. The van der Waals surface area contributed by atoms with Crippen LogP contribution in [0.5, 0.6) is 0 Å². The van der Waals surface area contributed by atoms with Crippen molar-refractivity contribution >= 4 is 37.4 Å². The van der Waals surface area contributed by atoms with Gasteiger partial charge < -0.3 is 9.73 Å². The van der Waals surface area contributed by atoms with Crippen LogP contribution in [0.4, 0.5) is 5.69 Å². The summed E-state index contributed by atoms with van der Waals surface area (Å²) in [5, 5.41) is 2.88. The first-order chi connectivity index (χ1) is 12.3. The highest BCUT2D eigenvalue weighted by atomic mass is 79.9. The molecular weight excluding hydrogens is 420 g/mol. The van der Waals surface area contributed by atoms with Crippen molar-refractivity contribution in [1.82, 2.24) is 4.90 Å². The van der Waals surface area contributed by atoms with E-state index in [0.717, 1.165) is 10.0 Å². The van der Waals surface area contributed by atoms with Gasteiger partial charge in [0.1, 0.15) is 5.76 Å². The highest BCUT2D eigenvalue weighted by molar-refractivity contribution is 9.10. The van der Waals surface area contributed by atoms with Gasteiger partial charge in [0, 0.05) is 16.2 Å². The molecule has 1 aromatic carbocycles. The number of carbonyl (C=O) groups is 1. The van der Waals surface area contributed by atoms with Crippen LogP contribution in [-0.2, 0) is 21.2 Å². The van der Waals surface area contributed by atoms with Crippen LogP contribution < -0.4 is 5.32 Å². The summed E-state index contributed by atoms with van der Waals surface area (Å²) < 4.78 is 30.0. The topological polar surface area (TPSA) is 79.6 Å². The molecule has 26 heavy (non-hydrogen) atoms. The molecule has 0 radical (unpaired) electrons. The Bertz CT molecular complexity index is 881. The van der Waals surface area contributed by atoms with Gasteiger partial charge >= 0.3 is 0 Å². The van der Waals surface area contributed by atoms with Crippen molar-refractivity contribution in [2.24, 2.45) is 0 Å². The number of aryl methyl sites for hydroxylation is 1. The smallest absolute Gasteiger partial charge is 0.238 e. The van der Waals surface area contributed by atoms with Gasteiger partial charge in [-0.05, 0) is 49.2 Å². The molecule has 1 N–H and O–H groups in total. The Balaban J connectivity index is 1.69. The van der Waals surface area contributed by atoms with Crippen LogP contribution in [0, 0.1) is 6.92 Å². The molecule has 1 atom stereocenters. The summed E-state index contributed by atoms with van der Waals surface area (Å²) in [6, 6.07) is 9.03. The minimum absolute atomic E-state index is 0.0817. The first-order valence-electron chi connectivity index (χ1n) is 8.35. The van der Waals surface area contributed by atoms with Gasteiger partial charge in [0.25, 0.3) is 0 Å². The van der Waals surface area contributed by atoms with Crippen LogP contribution in [0.15, 0.2) is 45.5 Å². The second-order valence-electron chi connectivity index (χ2n) is 6.55. The van der Waals surface area contributed by atoms with E-state index >= 15 is 0 Å². The zero-order chi connectivity index (χ0) is 18.7. The summed E-state index contributed by atoms with van der Waals surface area (Å²) in [5.41, 5.74) is 1.74. The lowest BCUT2D eigenvalue weighted by atomic mass is 10.2. The molecule has 0 bridgehead atoms. The third-order valence-corrected chi connectivity index (χ3v) is 7.09. The molecule has 1 aliphatic rings. The minimum atomic E-state index is -3.03. The summed E-state index contributed by atoms with van der Waals surface area (Å²) in [6.07, 6.45) is 2.11. The maximum Gasteiger partial charge on any atom is 0.238 e. The number of nitrogens with zero attached hydrogens (tertiary/aromatic N) is 1. The second kappa shape index (κ2) is 7.94. The lowest BCUT2D eigenvalue weighted by molar-refractivity contribution is -0.118. The molecular formula is C18H21BrN2O4S. The molecule has 6 nitrogen and oxygen atoms in total. The van der Waals surface area contributed by atoms with Crippen LogP contribution >= 0.6 is 15.9 Å². The van der Waals surface area contributed by atoms with E-state index in [4.69, 9.17) is 4.42 Å². The van der Waals surface area contributed by atoms with E-state index in [9.17, 15) is 13.2 Å². The number of hydrogen-bond donors (Lipinski definition) is 1. The van der Waals surface area contributed by atoms with Gasteiger partial charge in [-0.2, -0.15) is 0 Å².